The highest BCUT2D eigenvalue weighted by Crippen LogP contribution is 2.35. The maximum atomic E-state index is 13.3. The van der Waals surface area contributed by atoms with Crippen LogP contribution in [0.15, 0.2) is 24.3 Å². The van der Waals surface area contributed by atoms with E-state index in [0.29, 0.717) is 13.2 Å². The summed E-state index contributed by atoms with van der Waals surface area (Å²) in [6, 6.07) is 6.55. The van der Waals surface area contributed by atoms with Crippen LogP contribution < -0.4 is 4.72 Å². The average molecular weight is 327 g/mol. The van der Waals surface area contributed by atoms with Crippen molar-refractivity contribution in [1.82, 2.24) is 4.72 Å². The van der Waals surface area contributed by atoms with Gasteiger partial charge in [-0.25, -0.2) is 17.5 Å². The van der Waals surface area contributed by atoms with Crippen molar-refractivity contribution in [1.29, 1.82) is 0 Å². The van der Waals surface area contributed by atoms with E-state index in [0.717, 1.165) is 24.8 Å². The molecule has 0 aromatic heterocycles. The fourth-order valence-electron chi connectivity index (χ4n) is 3.44. The van der Waals surface area contributed by atoms with Gasteiger partial charge in [0.1, 0.15) is 5.82 Å². The summed E-state index contributed by atoms with van der Waals surface area (Å²) in [4.78, 5) is 0. The Morgan fingerprint density at radius 1 is 1.36 bits per heavy atom. The molecule has 1 aromatic carbocycles. The van der Waals surface area contributed by atoms with Crippen LogP contribution in [-0.2, 0) is 14.8 Å². The van der Waals surface area contributed by atoms with E-state index in [2.05, 4.69) is 4.72 Å². The summed E-state index contributed by atoms with van der Waals surface area (Å²) in [6.45, 7) is 2.94. The van der Waals surface area contributed by atoms with E-state index < -0.39 is 10.0 Å². The minimum Gasteiger partial charge on any atom is -0.380 e. The van der Waals surface area contributed by atoms with Crippen molar-refractivity contribution in [2.45, 2.75) is 38.1 Å². The lowest BCUT2D eigenvalue weighted by Gasteiger charge is -2.37. The minimum absolute atomic E-state index is 0.0529. The standard InChI is InChI=1S/C16H22FNO3S/c1-16(9-21-10-16)11-22(19,20)18-15-6-5-13(8-15)12-3-2-4-14(17)7-12/h2-4,7,13,15,18H,5-6,8-11H2,1H3. The summed E-state index contributed by atoms with van der Waals surface area (Å²) in [7, 11) is -3.30. The van der Waals surface area contributed by atoms with E-state index in [9.17, 15) is 12.8 Å². The summed E-state index contributed by atoms with van der Waals surface area (Å²) in [5, 5.41) is 0. The second-order valence-electron chi connectivity index (χ2n) is 6.94. The minimum atomic E-state index is -3.30. The van der Waals surface area contributed by atoms with Gasteiger partial charge in [0.2, 0.25) is 10.0 Å². The zero-order chi connectivity index (χ0) is 15.8. The van der Waals surface area contributed by atoms with Crippen LogP contribution in [0.2, 0.25) is 0 Å². The lowest BCUT2D eigenvalue weighted by molar-refractivity contribution is -0.0871. The lowest BCUT2D eigenvalue weighted by atomic mass is 9.92. The van der Waals surface area contributed by atoms with Gasteiger partial charge in [0, 0.05) is 11.5 Å². The number of halogens is 1. The van der Waals surface area contributed by atoms with Gasteiger partial charge in [-0.1, -0.05) is 19.1 Å². The molecule has 1 N–H and O–H groups in total. The SMILES string of the molecule is CC1(CS(=O)(=O)NC2CCC(c3cccc(F)c3)C2)COC1. The lowest BCUT2D eigenvalue weighted by Crippen LogP contribution is -2.48. The van der Waals surface area contributed by atoms with E-state index in [1.165, 1.54) is 6.07 Å². The Kier molecular flexibility index (Phi) is 4.27. The van der Waals surface area contributed by atoms with Crippen LogP contribution in [0.25, 0.3) is 0 Å². The van der Waals surface area contributed by atoms with Gasteiger partial charge < -0.3 is 4.74 Å². The third kappa shape index (κ3) is 3.67. The monoisotopic (exact) mass is 327 g/mol. The molecule has 2 aliphatic rings. The summed E-state index contributed by atoms with van der Waals surface area (Å²) in [5.74, 6) is 0.103. The number of nitrogens with one attached hydrogen (secondary N) is 1. The van der Waals surface area contributed by atoms with Gasteiger partial charge >= 0.3 is 0 Å². The Hall–Kier alpha value is -0.980. The Balaban J connectivity index is 1.58. The molecule has 6 heteroatoms. The van der Waals surface area contributed by atoms with Crippen LogP contribution in [0.4, 0.5) is 4.39 Å². The fourth-order valence-corrected chi connectivity index (χ4v) is 5.33. The van der Waals surface area contributed by atoms with Gasteiger partial charge in [-0.2, -0.15) is 0 Å². The van der Waals surface area contributed by atoms with Crippen LogP contribution >= 0.6 is 0 Å². The molecule has 0 amide bonds. The van der Waals surface area contributed by atoms with Gasteiger partial charge in [0.15, 0.2) is 0 Å². The first-order chi connectivity index (χ1) is 10.4. The molecule has 1 aliphatic heterocycles. The van der Waals surface area contributed by atoms with E-state index >= 15 is 0 Å². The molecule has 2 fully saturated rings. The molecule has 1 saturated heterocycles. The summed E-state index contributed by atoms with van der Waals surface area (Å²) in [5.41, 5.74) is 0.702. The molecule has 22 heavy (non-hydrogen) atoms. The molecule has 1 aliphatic carbocycles. The number of ether oxygens (including phenoxy) is 1. The van der Waals surface area contributed by atoms with Gasteiger partial charge in [-0.05, 0) is 42.9 Å². The van der Waals surface area contributed by atoms with E-state index in [4.69, 9.17) is 4.74 Å². The van der Waals surface area contributed by atoms with E-state index in [1.807, 2.05) is 13.0 Å². The van der Waals surface area contributed by atoms with Crippen LogP contribution in [0.5, 0.6) is 0 Å². The van der Waals surface area contributed by atoms with Crippen molar-refractivity contribution in [3.63, 3.8) is 0 Å². The molecule has 2 atom stereocenters. The molecular weight excluding hydrogens is 305 g/mol. The molecule has 4 nitrogen and oxygen atoms in total. The zero-order valence-electron chi connectivity index (χ0n) is 12.7. The number of hydrogen-bond donors (Lipinski definition) is 1. The molecule has 0 radical (unpaired) electrons. The molecule has 122 valence electrons. The molecule has 1 aromatic rings. The van der Waals surface area contributed by atoms with Crippen molar-refractivity contribution in [3.05, 3.63) is 35.6 Å². The average Bonchev–Trinajstić information content (AvgIpc) is 2.84. The van der Waals surface area contributed by atoms with Crippen LogP contribution in [-0.4, -0.2) is 33.4 Å². The van der Waals surface area contributed by atoms with Gasteiger partial charge in [0.05, 0.1) is 19.0 Å². The second-order valence-corrected chi connectivity index (χ2v) is 8.70. The summed E-state index contributed by atoms with van der Waals surface area (Å²) in [6.07, 6.45) is 2.42. The molecule has 0 bridgehead atoms. The third-order valence-corrected chi connectivity index (χ3v) is 6.31. The van der Waals surface area contributed by atoms with Crippen LogP contribution in [0, 0.1) is 11.2 Å². The predicted octanol–water partition coefficient (Wildman–Crippen LogP) is 2.42. The van der Waals surface area contributed by atoms with Gasteiger partial charge in [-0.15, -0.1) is 0 Å². The van der Waals surface area contributed by atoms with Gasteiger partial charge in [0.25, 0.3) is 0 Å². The quantitative estimate of drug-likeness (QED) is 0.903. The summed E-state index contributed by atoms with van der Waals surface area (Å²) < 4.78 is 45.8. The maximum Gasteiger partial charge on any atom is 0.212 e. The molecule has 1 saturated carbocycles. The first-order valence-electron chi connectivity index (χ1n) is 7.68. The highest BCUT2D eigenvalue weighted by Gasteiger charge is 2.39. The highest BCUT2D eigenvalue weighted by atomic mass is 32.2. The van der Waals surface area contributed by atoms with Crippen molar-refractivity contribution in [2.24, 2.45) is 5.41 Å². The van der Waals surface area contributed by atoms with Crippen molar-refractivity contribution >= 4 is 10.0 Å². The first-order valence-corrected chi connectivity index (χ1v) is 9.34. The zero-order valence-corrected chi connectivity index (χ0v) is 13.5. The van der Waals surface area contributed by atoms with Crippen molar-refractivity contribution in [2.75, 3.05) is 19.0 Å². The molecule has 2 unspecified atom stereocenters. The number of rotatable bonds is 5. The van der Waals surface area contributed by atoms with Crippen molar-refractivity contribution < 1.29 is 17.5 Å². The summed E-state index contributed by atoms with van der Waals surface area (Å²) >= 11 is 0. The number of sulfonamides is 1. The van der Waals surface area contributed by atoms with Crippen LogP contribution in [0.3, 0.4) is 0 Å². The normalized spacial score (nSPS) is 27.5. The van der Waals surface area contributed by atoms with Crippen LogP contribution in [0.1, 0.15) is 37.7 Å². The van der Waals surface area contributed by atoms with Crippen molar-refractivity contribution in [3.8, 4) is 0 Å². The first kappa shape index (κ1) is 15.9. The number of hydrogen-bond acceptors (Lipinski definition) is 3. The van der Waals surface area contributed by atoms with E-state index in [-0.39, 0.29) is 28.9 Å². The third-order valence-electron chi connectivity index (χ3n) is 4.54. The second kappa shape index (κ2) is 5.91. The van der Waals surface area contributed by atoms with E-state index in [1.54, 1.807) is 12.1 Å². The Morgan fingerprint density at radius 2 is 2.14 bits per heavy atom. The molecule has 0 spiro atoms. The largest absolute Gasteiger partial charge is 0.380 e. The predicted molar refractivity (Wildman–Crippen MR) is 82.6 cm³/mol. The van der Waals surface area contributed by atoms with Gasteiger partial charge in [-0.3, -0.25) is 0 Å². The molecular formula is C16H22FNO3S. The maximum absolute atomic E-state index is 13.3. The topological polar surface area (TPSA) is 55.4 Å². The Morgan fingerprint density at radius 3 is 2.77 bits per heavy atom. The number of benzene rings is 1. The molecule has 3 rings (SSSR count). The Bertz CT molecular complexity index is 643. The highest BCUT2D eigenvalue weighted by molar-refractivity contribution is 7.89. The fraction of sp³-hybridized carbons (Fsp3) is 0.625. The molecule has 1 heterocycles. The Labute approximate surface area is 131 Å². The smallest absolute Gasteiger partial charge is 0.212 e.